The first-order valence-electron chi connectivity index (χ1n) is 5.47. The Labute approximate surface area is 97.1 Å². The van der Waals surface area contributed by atoms with Crippen molar-refractivity contribution in [1.82, 2.24) is 9.97 Å². The predicted molar refractivity (Wildman–Crippen MR) is 64.4 cm³/mol. The van der Waals surface area contributed by atoms with Crippen LogP contribution in [-0.2, 0) is 11.8 Å². The highest BCUT2D eigenvalue weighted by molar-refractivity contribution is 6.29. The molecule has 0 saturated carbocycles. The molecule has 0 aliphatic rings. The number of unbranched alkanes of at least 4 members (excludes halogenated alkanes) is 1. The highest BCUT2D eigenvalue weighted by Crippen LogP contribution is 2.22. The van der Waals surface area contributed by atoms with Gasteiger partial charge in [-0.05, 0) is 12.5 Å². The van der Waals surface area contributed by atoms with E-state index in [9.17, 15) is 0 Å². The molecule has 0 atom stereocenters. The van der Waals surface area contributed by atoms with Crippen molar-refractivity contribution in [3.63, 3.8) is 0 Å². The topological polar surface area (TPSA) is 25.8 Å². The third-order valence-electron chi connectivity index (χ3n) is 2.26. The molecule has 0 aliphatic heterocycles. The Morgan fingerprint density at radius 1 is 1.27 bits per heavy atom. The number of aryl methyl sites for hydroxylation is 1. The molecular weight excluding hydrogens is 208 g/mol. The highest BCUT2D eigenvalue weighted by atomic mass is 35.5. The smallest absolute Gasteiger partial charge is 0.133 e. The lowest BCUT2D eigenvalue weighted by Crippen LogP contribution is -2.15. The van der Waals surface area contributed by atoms with Gasteiger partial charge in [-0.3, -0.25) is 0 Å². The van der Waals surface area contributed by atoms with E-state index < -0.39 is 0 Å². The van der Waals surface area contributed by atoms with Gasteiger partial charge in [0.1, 0.15) is 11.0 Å². The van der Waals surface area contributed by atoms with E-state index in [-0.39, 0.29) is 5.41 Å². The summed E-state index contributed by atoms with van der Waals surface area (Å²) in [6.07, 6.45) is 3.19. The minimum absolute atomic E-state index is 0.0353. The monoisotopic (exact) mass is 226 g/mol. The van der Waals surface area contributed by atoms with Crippen LogP contribution in [0.4, 0.5) is 0 Å². The molecule has 0 bridgehead atoms. The van der Waals surface area contributed by atoms with Crippen molar-refractivity contribution in [2.45, 2.75) is 52.4 Å². The lowest BCUT2D eigenvalue weighted by molar-refractivity contribution is 0.560. The van der Waals surface area contributed by atoms with Crippen molar-refractivity contribution < 1.29 is 0 Å². The summed E-state index contributed by atoms with van der Waals surface area (Å²) in [5.74, 6) is 0.870. The molecule has 0 aliphatic carbocycles. The van der Waals surface area contributed by atoms with Crippen molar-refractivity contribution in [2.75, 3.05) is 0 Å². The number of aromatic nitrogens is 2. The molecule has 0 N–H and O–H groups in total. The van der Waals surface area contributed by atoms with Crippen LogP contribution in [0.2, 0.25) is 5.15 Å². The van der Waals surface area contributed by atoms with Crippen molar-refractivity contribution in [1.29, 1.82) is 0 Å². The summed E-state index contributed by atoms with van der Waals surface area (Å²) in [5, 5.41) is 0.557. The maximum absolute atomic E-state index is 5.98. The van der Waals surface area contributed by atoms with E-state index in [1.165, 1.54) is 0 Å². The number of halogens is 1. The van der Waals surface area contributed by atoms with E-state index in [0.717, 1.165) is 30.8 Å². The molecule has 1 aromatic heterocycles. The Balaban J connectivity index is 2.95. The normalized spacial score (nSPS) is 11.8. The zero-order chi connectivity index (χ0) is 11.5. The second-order valence-electron chi connectivity index (χ2n) is 4.85. The first-order chi connectivity index (χ1) is 6.93. The van der Waals surface area contributed by atoms with E-state index in [4.69, 9.17) is 11.6 Å². The van der Waals surface area contributed by atoms with Crippen LogP contribution in [0.5, 0.6) is 0 Å². The van der Waals surface area contributed by atoms with Crippen molar-refractivity contribution in [2.24, 2.45) is 0 Å². The molecule has 1 heterocycles. The first kappa shape index (κ1) is 12.4. The minimum atomic E-state index is 0.0353. The summed E-state index contributed by atoms with van der Waals surface area (Å²) in [7, 11) is 0. The molecule has 0 unspecified atom stereocenters. The third-order valence-corrected chi connectivity index (χ3v) is 2.46. The van der Waals surface area contributed by atoms with E-state index in [0.29, 0.717) is 5.15 Å². The fraction of sp³-hybridized carbons (Fsp3) is 0.667. The Hall–Kier alpha value is -0.630. The van der Waals surface area contributed by atoms with Crippen LogP contribution in [0.3, 0.4) is 0 Å². The van der Waals surface area contributed by atoms with Gasteiger partial charge in [0.2, 0.25) is 0 Å². The van der Waals surface area contributed by atoms with Gasteiger partial charge in [0.15, 0.2) is 0 Å². The molecule has 0 aromatic carbocycles. The maximum atomic E-state index is 5.98. The van der Waals surface area contributed by atoms with Crippen LogP contribution >= 0.6 is 11.6 Å². The molecule has 0 radical (unpaired) electrons. The van der Waals surface area contributed by atoms with Gasteiger partial charge >= 0.3 is 0 Å². The average Bonchev–Trinajstić information content (AvgIpc) is 2.12. The highest BCUT2D eigenvalue weighted by Gasteiger charge is 2.17. The zero-order valence-corrected chi connectivity index (χ0v) is 10.7. The molecule has 15 heavy (non-hydrogen) atoms. The van der Waals surface area contributed by atoms with E-state index in [1.807, 2.05) is 6.07 Å². The molecule has 0 spiro atoms. The summed E-state index contributed by atoms with van der Waals surface area (Å²) in [6, 6.07) is 1.86. The molecule has 2 nitrogen and oxygen atoms in total. The van der Waals surface area contributed by atoms with Gasteiger partial charge in [0.05, 0.1) is 5.69 Å². The van der Waals surface area contributed by atoms with Crippen LogP contribution in [0.15, 0.2) is 6.07 Å². The number of hydrogen-bond donors (Lipinski definition) is 0. The van der Waals surface area contributed by atoms with Gasteiger partial charge in [0, 0.05) is 11.8 Å². The second kappa shape index (κ2) is 4.93. The van der Waals surface area contributed by atoms with Crippen LogP contribution in [0, 0.1) is 0 Å². The molecule has 84 valence electrons. The Morgan fingerprint density at radius 2 is 1.93 bits per heavy atom. The molecule has 3 heteroatoms. The van der Waals surface area contributed by atoms with E-state index >= 15 is 0 Å². The number of nitrogens with zero attached hydrogens (tertiary/aromatic N) is 2. The second-order valence-corrected chi connectivity index (χ2v) is 5.23. The van der Waals surface area contributed by atoms with Crippen LogP contribution in [-0.4, -0.2) is 9.97 Å². The lowest BCUT2D eigenvalue weighted by atomic mass is 9.92. The summed E-state index contributed by atoms with van der Waals surface area (Å²) in [5.41, 5.74) is 1.06. The largest absolute Gasteiger partial charge is 0.237 e. The van der Waals surface area contributed by atoms with Gasteiger partial charge in [-0.2, -0.15) is 0 Å². The van der Waals surface area contributed by atoms with Crippen molar-refractivity contribution in [3.8, 4) is 0 Å². The quantitative estimate of drug-likeness (QED) is 0.734. The molecule has 1 aromatic rings. The molecular formula is C12H19ClN2. The molecule has 0 amide bonds. The Bertz CT molecular complexity index is 329. The standard InChI is InChI=1S/C12H19ClN2/c1-5-6-7-11-14-9(12(2,3)4)8-10(13)15-11/h8H,5-7H2,1-4H3. The Kier molecular flexibility index (Phi) is 4.09. The first-order valence-corrected chi connectivity index (χ1v) is 5.85. The summed E-state index contributed by atoms with van der Waals surface area (Å²) >= 11 is 5.98. The van der Waals surface area contributed by atoms with E-state index in [2.05, 4.69) is 37.7 Å². The lowest BCUT2D eigenvalue weighted by Gasteiger charge is -2.18. The molecule has 1 rings (SSSR count). The number of rotatable bonds is 3. The van der Waals surface area contributed by atoms with Crippen molar-refractivity contribution >= 4 is 11.6 Å². The predicted octanol–water partition coefficient (Wildman–Crippen LogP) is 3.77. The van der Waals surface area contributed by atoms with Crippen molar-refractivity contribution in [3.05, 3.63) is 22.7 Å². The summed E-state index contributed by atoms with van der Waals surface area (Å²) in [6.45, 7) is 8.56. The van der Waals surface area contributed by atoms with Gasteiger partial charge in [0.25, 0.3) is 0 Å². The molecule has 0 saturated heterocycles. The van der Waals surface area contributed by atoms with Crippen LogP contribution in [0.1, 0.15) is 52.1 Å². The van der Waals surface area contributed by atoms with Gasteiger partial charge < -0.3 is 0 Å². The maximum Gasteiger partial charge on any atom is 0.133 e. The van der Waals surface area contributed by atoms with Gasteiger partial charge in [-0.15, -0.1) is 0 Å². The Morgan fingerprint density at radius 3 is 2.47 bits per heavy atom. The SMILES string of the molecule is CCCCc1nc(Cl)cc(C(C)(C)C)n1. The third kappa shape index (κ3) is 3.78. The fourth-order valence-corrected chi connectivity index (χ4v) is 1.50. The zero-order valence-electron chi connectivity index (χ0n) is 9.97. The summed E-state index contributed by atoms with van der Waals surface area (Å²) in [4.78, 5) is 8.79. The van der Waals surface area contributed by atoms with Gasteiger partial charge in [-0.1, -0.05) is 45.7 Å². The summed E-state index contributed by atoms with van der Waals surface area (Å²) < 4.78 is 0. The number of hydrogen-bond acceptors (Lipinski definition) is 2. The van der Waals surface area contributed by atoms with Gasteiger partial charge in [-0.25, -0.2) is 9.97 Å². The van der Waals surface area contributed by atoms with E-state index in [1.54, 1.807) is 0 Å². The molecule has 0 fully saturated rings. The van der Waals surface area contributed by atoms with Crippen LogP contribution < -0.4 is 0 Å². The minimum Gasteiger partial charge on any atom is -0.237 e. The van der Waals surface area contributed by atoms with Crippen LogP contribution in [0.25, 0.3) is 0 Å². The average molecular weight is 227 g/mol. The fourth-order valence-electron chi connectivity index (χ4n) is 1.30.